The van der Waals surface area contributed by atoms with Crippen molar-refractivity contribution >= 4 is 58.1 Å². The zero-order valence-corrected chi connectivity index (χ0v) is 23.9. The Morgan fingerprint density at radius 3 is 1.42 bits per heavy atom. The zero-order chi connectivity index (χ0) is 16.1. The van der Waals surface area contributed by atoms with Gasteiger partial charge in [-0.15, -0.1) is 48.8 Å². The predicted molar refractivity (Wildman–Crippen MR) is 117 cm³/mol. The van der Waals surface area contributed by atoms with Crippen LogP contribution in [0.25, 0.3) is 0 Å². The molecule has 1 nitrogen and oxygen atoms in total. The average Bonchev–Trinajstić information content (AvgIpc) is 3.16. The topological polar surface area (TPSA) is 9.23 Å². The SMILES string of the molecule is C1=CC2[CH-]C(CCC3[CH-]C4C=CC=CC4C3)CC2C=C1.Cl.Cl.[AlH2][O][AlH2].[Zr+2]. The number of allylic oxidation sites excluding steroid dienone is 8. The minimum atomic E-state index is 0. The first-order valence-electron chi connectivity index (χ1n) is 9.10. The standard InChI is InChI=1S/C20H24.2Al.2ClH.O.Zr.4H/c1-2-6-18-12-15(11-17(18)5-1)9-10-16-13-19-7-3-4-8-20(19)14-16;;;;;;;;;;/h1-8,11,13,15-20H,9-10,12,14H2;;;2*1H;;;;;;/q-2;;;;;;+2;;;;. The van der Waals surface area contributed by atoms with Gasteiger partial charge in [0.25, 0.3) is 0 Å². The third kappa shape index (κ3) is 7.70. The second kappa shape index (κ2) is 14.4. The molecule has 0 heterocycles. The summed E-state index contributed by atoms with van der Waals surface area (Å²) in [5.74, 6) is 4.74. The van der Waals surface area contributed by atoms with Gasteiger partial charge in [0, 0.05) is 0 Å². The molecule has 6 unspecified atom stereocenters. The van der Waals surface area contributed by atoms with E-state index in [0.717, 1.165) is 68.8 Å². The molecule has 6 heteroatoms. The van der Waals surface area contributed by atoms with Gasteiger partial charge in [-0.2, -0.15) is 11.8 Å². The van der Waals surface area contributed by atoms with Crippen molar-refractivity contribution in [2.24, 2.45) is 35.5 Å². The molecule has 4 rings (SSSR count). The molecular weight excluding hydrogens is 472 g/mol. The van der Waals surface area contributed by atoms with Crippen LogP contribution in [0.4, 0.5) is 0 Å². The minimum Gasteiger partial charge on any atom is -0.647 e. The monoisotopic (exact) mass is 500 g/mol. The smallest absolute Gasteiger partial charge is 0.647 e. The van der Waals surface area contributed by atoms with Gasteiger partial charge in [0.05, 0.1) is 0 Å². The van der Waals surface area contributed by atoms with Crippen molar-refractivity contribution in [1.82, 2.24) is 0 Å². The second-order valence-corrected chi connectivity index (χ2v) is 10.7. The van der Waals surface area contributed by atoms with Crippen molar-refractivity contribution in [3.05, 3.63) is 61.4 Å². The van der Waals surface area contributed by atoms with Crippen LogP contribution >= 0.6 is 24.8 Å². The third-order valence-corrected chi connectivity index (χ3v) is 5.64. The molecule has 26 heavy (non-hydrogen) atoms. The maximum Gasteiger partial charge on any atom is 2.00 e. The number of hydrogen-bond donors (Lipinski definition) is 0. The minimum absolute atomic E-state index is 0. The molecule has 0 aromatic rings. The molecular formula is C20H30Al2Cl2OZr. The van der Waals surface area contributed by atoms with Crippen LogP contribution in [0.2, 0.25) is 0 Å². The van der Waals surface area contributed by atoms with Crippen LogP contribution in [0.1, 0.15) is 25.7 Å². The summed E-state index contributed by atoms with van der Waals surface area (Å²) in [6.07, 6.45) is 29.3. The van der Waals surface area contributed by atoms with Gasteiger partial charge in [0.15, 0.2) is 0 Å². The van der Waals surface area contributed by atoms with Gasteiger partial charge in [0.2, 0.25) is 0 Å². The first-order valence-corrected chi connectivity index (χ1v) is 10.7. The fraction of sp³-hybridized carbons (Fsp3) is 0.500. The Morgan fingerprint density at radius 2 is 1.08 bits per heavy atom. The van der Waals surface area contributed by atoms with Gasteiger partial charge in [-0.05, 0) is 11.8 Å². The maximum absolute atomic E-state index is 4.53. The van der Waals surface area contributed by atoms with E-state index in [1.807, 2.05) is 0 Å². The van der Waals surface area contributed by atoms with Gasteiger partial charge < -0.3 is 15.7 Å². The van der Waals surface area contributed by atoms with E-state index < -0.39 is 0 Å². The Balaban J connectivity index is 0.000000980. The van der Waals surface area contributed by atoms with Gasteiger partial charge in [-0.1, -0.05) is 62.1 Å². The van der Waals surface area contributed by atoms with Crippen LogP contribution < -0.4 is 0 Å². The Morgan fingerprint density at radius 1 is 0.731 bits per heavy atom. The molecule has 140 valence electrons. The molecule has 2 fully saturated rings. The van der Waals surface area contributed by atoms with E-state index in [4.69, 9.17) is 0 Å². The summed E-state index contributed by atoms with van der Waals surface area (Å²) in [5.41, 5.74) is 0. The van der Waals surface area contributed by atoms with E-state index in [0.29, 0.717) is 0 Å². The van der Waals surface area contributed by atoms with E-state index in [1.54, 1.807) is 0 Å². The van der Waals surface area contributed by atoms with Crippen molar-refractivity contribution in [2.75, 3.05) is 0 Å². The molecule has 0 aliphatic heterocycles. The summed E-state index contributed by atoms with van der Waals surface area (Å²) < 4.78 is 4.53. The molecule has 0 N–H and O–H groups in total. The molecule has 4 aliphatic carbocycles. The van der Waals surface area contributed by atoms with Crippen LogP contribution in [0.3, 0.4) is 0 Å². The molecule has 6 atom stereocenters. The van der Waals surface area contributed by atoms with Gasteiger partial charge in [-0.3, -0.25) is 0 Å². The molecule has 0 saturated heterocycles. The molecule has 0 amide bonds. The molecule has 0 aromatic heterocycles. The van der Waals surface area contributed by atoms with Crippen LogP contribution in [-0.4, -0.2) is 33.2 Å². The maximum atomic E-state index is 4.53. The summed E-state index contributed by atoms with van der Waals surface area (Å²) in [6, 6.07) is 0. The van der Waals surface area contributed by atoms with Crippen molar-refractivity contribution in [1.29, 1.82) is 0 Å². The molecule has 0 aromatic carbocycles. The molecule has 0 bridgehead atoms. The van der Waals surface area contributed by atoms with Crippen molar-refractivity contribution in [3.8, 4) is 0 Å². The van der Waals surface area contributed by atoms with E-state index >= 15 is 0 Å². The summed E-state index contributed by atoms with van der Waals surface area (Å²) in [5, 5.41) is 0. The summed E-state index contributed by atoms with van der Waals surface area (Å²) in [6.45, 7) is 0. The zero-order valence-electron chi connectivity index (χ0n) is 15.8. The Kier molecular flexibility index (Phi) is 15.2. The third-order valence-electron chi connectivity index (χ3n) is 5.64. The Hall–Kier alpha value is 1.45. The number of halogens is 2. The molecule has 0 radical (unpaired) electrons. The van der Waals surface area contributed by atoms with Crippen LogP contribution in [0.5, 0.6) is 0 Å². The number of fused-ring (bicyclic) bond motifs is 2. The fourth-order valence-corrected chi connectivity index (χ4v) is 4.57. The number of rotatable bonds is 3. The van der Waals surface area contributed by atoms with Crippen molar-refractivity contribution < 1.29 is 29.0 Å². The molecule has 0 spiro atoms. The van der Waals surface area contributed by atoms with E-state index in [2.05, 4.69) is 64.3 Å². The molecule has 2 saturated carbocycles. The van der Waals surface area contributed by atoms with Crippen molar-refractivity contribution in [3.63, 3.8) is 0 Å². The van der Waals surface area contributed by atoms with Gasteiger partial charge in [-0.25, -0.2) is 0 Å². The summed E-state index contributed by atoms with van der Waals surface area (Å²) in [4.78, 5) is 0. The Bertz CT molecular complexity index is 426. The van der Waals surface area contributed by atoms with Crippen molar-refractivity contribution in [2.45, 2.75) is 25.7 Å². The quantitative estimate of drug-likeness (QED) is 0.421. The first-order chi connectivity index (χ1) is 11.3. The molecule has 4 aliphatic rings. The van der Waals surface area contributed by atoms with Gasteiger partial charge >= 0.3 is 59.5 Å². The average molecular weight is 503 g/mol. The first kappa shape index (κ1) is 27.4. The van der Waals surface area contributed by atoms with E-state index in [9.17, 15) is 0 Å². The van der Waals surface area contributed by atoms with E-state index in [-0.39, 0.29) is 51.0 Å². The van der Waals surface area contributed by atoms with Crippen LogP contribution in [0.15, 0.2) is 48.6 Å². The second-order valence-electron chi connectivity index (χ2n) is 7.38. The Labute approximate surface area is 208 Å². The fourth-order valence-electron chi connectivity index (χ4n) is 4.57. The van der Waals surface area contributed by atoms with Crippen LogP contribution in [0, 0.1) is 48.3 Å². The summed E-state index contributed by atoms with van der Waals surface area (Å²) >= 11 is 1.86. The normalized spacial score (nSPS) is 35.1. The number of hydrogen-bond acceptors (Lipinski definition) is 1. The van der Waals surface area contributed by atoms with Crippen LogP contribution in [-0.2, 0) is 29.0 Å². The predicted octanol–water partition coefficient (Wildman–Crippen LogP) is 3.87. The largest absolute Gasteiger partial charge is 2.00 e. The summed E-state index contributed by atoms with van der Waals surface area (Å²) in [7, 11) is 0. The van der Waals surface area contributed by atoms with Gasteiger partial charge in [0.1, 0.15) is 0 Å². The van der Waals surface area contributed by atoms with E-state index in [1.165, 1.54) is 25.7 Å².